The van der Waals surface area contributed by atoms with Gasteiger partial charge in [-0.25, -0.2) is 4.98 Å². The van der Waals surface area contributed by atoms with Crippen LogP contribution in [0.15, 0.2) is 10.4 Å². The second kappa shape index (κ2) is 9.43. The zero-order chi connectivity index (χ0) is 21.0. The standard InChI is InChI=1S/C21H36N6OS/c1-16(18(28)26-8-6-7-9-26)25-10-12-27(13-11-25)20(22-5)23-14-17-15-29-19(24-17)21(2,3)4/h15-16H,6-14H2,1-5H3,(H,22,23). The van der Waals surface area contributed by atoms with E-state index in [1.807, 2.05) is 11.9 Å². The summed E-state index contributed by atoms with van der Waals surface area (Å²) in [6.45, 7) is 14.7. The summed E-state index contributed by atoms with van der Waals surface area (Å²) in [6, 6.07) is -0.0314. The summed E-state index contributed by atoms with van der Waals surface area (Å²) >= 11 is 1.72. The molecule has 2 saturated heterocycles. The zero-order valence-corrected chi connectivity index (χ0v) is 19.4. The van der Waals surface area contributed by atoms with Crippen molar-refractivity contribution in [1.29, 1.82) is 0 Å². The number of nitrogens with one attached hydrogen (secondary N) is 1. The van der Waals surface area contributed by atoms with Crippen LogP contribution in [0.4, 0.5) is 0 Å². The lowest BCUT2D eigenvalue weighted by Crippen LogP contribution is -2.57. The van der Waals surface area contributed by atoms with E-state index in [4.69, 9.17) is 4.98 Å². The Kier molecular flexibility index (Phi) is 7.16. The Morgan fingerprint density at radius 2 is 1.83 bits per heavy atom. The summed E-state index contributed by atoms with van der Waals surface area (Å²) in [6.07, 6.45) is 2.29. The smallest absolute Gasteiger partial charge is 0.239 e. The van der Waals surface area contributed by atoms with Gasteiger partial charge in [0.2, 0.25) is 5.91 Å². The van der Waals surface area contributed by atoms with Gasteiger partial charge < -0.3 is 15.1 Å². The van der Waals surface area contributed by atoms with Crippen LogP contribution >= 0.6 is 11.3 Å². The van der Waals surface area contributed by atoms with Crippen molar-refractivity contribution in [3.63, 3.8) is 0 Å². The number of hydrogen-bond donors (Lipinski definition) is 1. The largest absolute Gasteiger partial charge is 0.351 e. The lowest BCUT2D eigenvalue weighted by molar-refractivity contribution is -0.135. The van der Waals surface area contributed by atoms with E-state index in [2.05, 4.69) is 53.2 Å². The number of nitrogens with zero attached hydrogens (tertiary/aromatic N) is 5. The molecule has 162 valence electrons. The summed E-state index contributed by atoms with van der Waals surface area (Å²) in [5, 5.41) is 6.75. The monoisotopic (exact) mass is 420 g/mol. The van der Waals surface area contributed by atoms with Gasteiger partial charge >= 0.3 is 0 Å². The molecule has 0 spiro atoms. The van der Waals surface area contributed by atoms with Gasteiger partial charge in [0, 0.05) is 57.1 Å². The Bertz CT molecular complexity index is 711. The highest BCUT2D eigenvalue weighted by Crippen LogP contribution is 2.25. The number of aliphatic imine (C=N–C) groups is 1. The first-order valence-corrected chi connectivity index (χ1v) is 11.6. The van der Waals surface area contributed by atoms with Crippen LogP contribution in [0.3, 0.4) is 0 Å². The van der Waals surface area contributed by atoms with Crippen molar-refractivity contribution in [3.05, 3.63) is 16.1 Å². The first-order chi connectivity index (χ1) is 13.8. The van der Waals surface area contributed by atoms with Crippen molar-refractivity contribution < 1.29 is 4.79 Å². The van der Waals surface area contributed by atoms with E-state index in [1.165, 1.54) is 0 Å². The third-order valence-electron chi connectivity index (χ3n) is 5.77. The van der Waals surface area contributed by atoms with Crippen molar-refractivity contribution >= 4 is 23.2 Å². The minimum atomic E-state index is -0.0314. The molecule has 1 atom stereocenters. The molecule has 0 saturated carbocycles. The Morgan fingerprint density at radius 1 is 1.17 bits per heavy atom. The SMILES string of the molecule is CN=C(NCc1csc(C(C)(C)C)n1)N1CCN(C(C)C(=O)N2CCCC2)CC1. The van der Waals surface area contributed by atoms with E-state index in [0.29, 0.717) is 6.54 Å². The zero-order valence-electron chi connectivity index (χ0n) is 18.6. The maximum atomic E-state index is 12.7. The molecule has 0 aromatic carbocycles. The van der Waals surface area contributed by atoms with Crippen LogP contribution in [-0.4, -0.2) is 83.9 Å². The molecule has 7 nitrogen and oxygen atoms in total. The number of aromatic nitrogens is 1. The van der Waals surface area contributed by atoms with Crippen molar-refractivity contribution in [3.8, 4) is 0 Å². The van der Waals surface area contributed by atoms with E-state index in [9.17, 15) is 4.79 Å². The van der Waals surface area contributed by atoms with Gasteiger partial charge in [-0.15, -0.1) is 11.3 Å². The number of likely N-dealkylation sites (tertiary alicyclic amines) is 1. The number of carbonyl (C=O) groups is 1. The van der Waals surface area contributed by atoms with Gasteiger partial charge in [0.1, 0.15) is 0 Å². The van der Waals surface area contributed by atoms with Gasteiger partial charge in [-0.2, -0.15) is 0 Å². The highest BCUT2D eigenvalue weighted by molar-refractivity contribution is 7.09. The number of carbonyl (C=O) groups excluding carboxylic acids is 1. The Labute approximate surface area is 179 Å². The van der Waals surface area contributed by atoms with E-state index >= 15 is 0 Å². The van der Waals surface area contributed by atoms with E-state index in [0.717, 1.165) is 68.8 Å². The van der Waals surface area contributed by atoms with Gasteiger partial charge in [-0.3, -0.25) is 14.7 Å². The highest BCUT2D eigenvalue weighted by Gasteiger charge is 2.30. The molecule has 1 N–H and O–H groups in total. The molecule has 2 aliphatic heterocycles. The van der Waals surface area contributed by atoms with Crippen molar-refractivity contribution in [1.82, 2.24) is 25.0 Å². The quantitative estimate of drug-likeness (QED) is 0.597. The minimum absolute atomic E-state index is 0.0314. The molecule has 3 rings (SSSR count). The lowest BCUT2D eigenvalue weighted by Gasteiger charge is -2.39. The van der Waals surface area contributed by atoms with Crippen molar-refractivity contribution in [2.24, 2.45) is 4.99 Å². The number of rotatable bonds is 4. The number of piperazine rings is 1. The molecule has 0 radical (unpaired) electrons. The molecule has 3 heterocycles. The summed E-state index contributed by atoms with van der Waals surface area (Å²) in [5.41, 5.74) is 1.15. The lowest BCUT2D eigenvalue weighted by atomic mass is 9.98. The van der Waals surface area contributed by atoms with Gasteiger partial charge in [0.15, 0.2) is 5.96 Å². The Hall–Kier alpha value is -1.67. The van der Waals surface area contributed by atoms with Crippen LogP contribution in [0.2, 0.25) is 0 Å². The molecular formula is C21H36N6OS. The second-order valence-corrected chi connectivity index (χ2v) is 9.88. The van der Waals surface area contributed by atoms with Gasteiger partial charge in [-0.05, 0) is 19.8 Å². The molecule has 1 aromatic heterocycles. The van der Waals surface area contributed by atoms with Gasteiger partial charge in [0.05, 0.1) is 23.3 Å². The molecule has 1 amide bonds. The fourth-order valence-corrected chi connectivity index (χ4v) is 4.82. The van der Waals surface area contributed by atoms with Crippen LogP contribution in [0.5, 0.6) is 0 Å². The first kappa shape index (κ1) is 22.0. The molecular weight excluding hydrogens is 384 g/mol. The maximum absolute atomic E-state index is 12.7. The predicted molar refractivity (Wildman–Crippen MR) is 119 cm³/mol. The minimum Gasteiger partial charge on any atom is -0.351 e. The third-order valence-corrected chi connectivity index (χ3v) is 7.09. The summed E-state index contributed by atoms with van der Waals surface area (Å²) < 4.78 is 0. The third kappa shape index (κ3) is 5.48. The van der Waals surface area contributed by atoms with Crippen molar-refractivity contribution in [2.75, 3.05) is 46.3 Å². The molecule has 29 heavy (non-hydrogen) atoms. The van der Waals surface area contributed by atoms with Crippen LogP contribution in [-0.2, 0) is 16.8 Å². The van der Waals surface area contributed by atoms with Crippen LogP contribution in [0.25, 0.3) is 0 Å². The molecule has 8 heteroatoms. The Balaban J connectivity index is 1.48. The van der Waals surface area contributed by atoms with Crippen molar-refractivity contribution in [2.45, 2.75) is 58.5 Å². The molecule has 0 aliphatic carbocycles. The number of guanidine groups is 1. The van der Waals surface area contributed by atoms with Gasteiger partial charge in [0.25, 0.3) is 0 Å². The highest BCUT2D eigenvalue weighted by atomic mass is 32.1. The fourth-order valence-electron chi connectivity index (χ4n) is 3.91. The van der Waals surface area contributed by atoms with Gasteiger partial charge in [-0.1, -0.05) is 20.8 Å². The molecule has 2 aliphatic rings. The molecule has 2 fully saturated rings. The van der Waals surface area contributed by atoms with E-state index in [-0.39, 0.29) is 17.4 Å². The Morgan fingerprint density at radius 3 is 2.38 bits per heavy atom. The predicted octanol–water partition coefficient (Wildman–Crippen LogP) is 2.14. The van der Waals surface area contributed by atoms with Crippen LogP contribution in [0, 0.1) is 0 Å². The summed E-state index contributed by atoms with van der Waals surface area (Å²) in [5.74, 6) is 1.20. The second-order valence-electron chi connectivity index (χ2n) is 9.03. The van der Waals surface area contributed by atoms with E-state index < -0.39 is 0 Å². The average Bonchev–Trinajstić information content (AvgIpc) is 3.39. The summed E-state index contributed by atoms with van der Waals surface area (Å²) in [7, 11) is 1.83. The number of thiazole rings is 1. The number of amides is 1. The fraction of sp³-hybridized carbons (Fsp3) is 0.762. The first-order valence-electron chi connectivity index (χ1n) is 10.7. The van der Waals surface area contributed by atoms with E-state index in [1.54, 1.807) is 11.3 Å². The number of hydrogen-bond acceptors (Lipinski definition) is 5. The summed E-state index contributed by atoms with van der Waals surface area (Å²) in [4.78, 5) is 28.5. The molecule has 1 unspecified atom stereocenters. The maximum Gasteiger partial charge on any atom is 0.239 e. The van der Waals surface area contributed by atoms with Crippen LogP contribution < -0.4 is 5.32 Å². The topological polar surface area (TPSA) is 64.1 Å². The molecule has 1 aromatic rings. The van der Waals surface area contributed by atoms with Crippen LogP contribution in [0.1, 0.15) is 51.2 Å². The normalized spacial score (nSPS) is 20.2. The average molecular weight is 421 g/mol. The molecule has 0 bridgehead atoms.